The maximum Gasteiger partial charge on any atom is 0.360 e. The van der Waals surface area contributed by atoms with Gasteiger partial charge in [-0.05, 0) is 13.3 Å². The van der Waals surface area contributed by atoms with Crippen LogP contribution in [0.25, 0.3) is 0 Å². The zero-order valence-electron chi connectivity index (χ0n) is 12.3. The van der Waals surface area contributed by atoms with Gasteiger partial charge >= 0.3 is 12.0 Å². The predicted molar refractivity (Wildman–Crippen MR) is 72.6 cm³/mol. The SMILES string of the molecule is CCCc1c(C(=O)OCC)nnn1CC(=O)NC(=O)NC. The maximum absolute atomic E-state index is 11.8. The third-order valence-corrected chi connectivity index (χ3v) is 2.57. The average molecular weight is 297 g/mol. The monoisotopic (exact) mass is 297 g/mol. The molecular formula is C12H19N5O4. The minimum absolute atomic E-state index is 0.103. The Hall–Kier alpha value is -2.45. The fraction of sp³-hybridized carbons (Fsp3) is 0.583. The Morgan fingerprint density at radius 2 is 2.00 bits per heavy atom. The molecule has 116 valence electrons. The molecule has 0 saturated heterocycles. The Balaban J connectivity index is 2.89. The first-order chi connectivity index (χ1) is 10.0. The van der Waals surface area contributed by atoms with Crippen molar-refractivity contribution in [1.82, 2.24) is 25.6 Å². The molecule has 0 aliphatic heterocycles. The number of hydrogen-bond donors (Lipinski definition) is 2. The van der Waals surface area contributed by atoms with Crippen molar-refractivity contribution in [3.63, 3.8) is 0 Å². The molecule has 0 saturated carbocycles. The van der Waals surface area contributed by atoms with E-state index in [1.807, 2.05) is 6.92 Å². The smallest absolute Gasteiger partial charge is 0.360 e. The highest BCUT2D eigenvalue weighted by Gasteiger charge is 2.21. The van der Waals surface area contributed by atoms with E-state index in [2.05, 4.69) is 20.9 Å². The molecule has 3 amide bonds. The van der Waals surface area contributed by atoms with Crippen molar-refractivity contribution in [2.45, 2.75) is 33.2 Å². The molecule has 0 aliphatic carbocycles. The number of ether oxygens (including phenoxy) is 1. The predicted octanol–water partition coefficient (Wildman–Crippen LogP) is -0.137. The topological polar surface area (TPSA) is 115 Å². The zero-order valence-corrected chi connectivity index (χ0v) is 12.3. The molecule has 0 aromatic carbocycles. The first kappa shape index (κ1) is 16.6. The number of esters is 1. The lowest BCUT2D eigenvalue weighted by Crippen LogP contribution is -2.39. The molecule has 9 heteroatoms. The molecule has 0 unspecified atom stereocenters. The normalized spacial score (nSPS) is 10.0. The van der Waals surface area contributed by atoms with E-state index in [1.165, 1.54) is 11.7 Å². The van der Waals surface area contributed by atoms with E-state index in [1.54, 1.807) is 6.92 Å². The second-order valence-electron chi connectivity index (χ2n) is 4.14. The van der Waals surface area contributed by atoms with E-state index in [0.29, 0.717) is 12.1 Å². The van der Waals surface area contributed by atoms with Crippen LogP contribution in [0.3, 0.4) is 0 Å². The lowest BCUT2D eigenvalue weighted by molar-refractivity contribution is -0.120. The highest BCUT2D eigenvalue weighted by Crippen LogP contribution is 2.10. The number of hydrogen-bond acceptors (Lipinski definition) is 6. The van der Waals surface area contributed by atoms with Crippen LogP contribution in [-0.4, -0.2) is 46.6 Å². The largest absolute Gasteiger partial charge is 0.461 e. The van der Waals surface area contributed by atoms with Crippen LogP contribution in [0.4, 0.5) is 4.79 Å². The van der Waals surface area contributed by atoms with Gasteiger partial charge in [0.25, 0.3) is 0 Å². The number of imide groups is 1. The summed E-state index contributed by atoms with van der Waals surface area (Å²) in [5.41, 5.74) is 0.620. The van der Waals surface area contributed by atoms with Crippen molar-refractivity contribution in [2.24, 2.45) is 0 Å². The number of amides is 3. The van der Waals surface area contributed by atoms with Crippen molar-refractivity contribution in [3.05, 3.63) is 11.4 Å². The molecule has 0 atom stereocenters. The summed E-state index contributed by atoms with van der Waals surface area (Å²) in [6.07, 6.45) is 1.27. The second kappa shape index (κ2) is 7.98. The fourth-order valence-corrected chi connectivity index (χ4v) is 1.67. The van der Waals surface area contributed by atoms with Crippen molar-refractivity contribution >= 4 is 17.9 Å². The van der Waals surface area contributed by atoms with E-state index in [4.69, 9.17) is 4.74 Å². The van der Waals surface area contributed by atoms with Gasteiger partial charge in [0.15, 0.2) is 5.69 Å². The highest BCUT2D eigenvalue weighted by molar-refractivity contribution is 5.94. The summed E-state index contributed by atoms with van der Waals surface area (Å²) in [5.74, 6) is -1.12. The number of nitrogens with one attached hydrogen (secondary N) is 2. The standard InChI is InChI=1S/C12H19N5O4/c1-4-6-8-10(11(19)21-5-2)15-16-17(8)7-9(18)14-12(20)13-3/h4-7H2,1-3H3,(H2,13,14,18,20). The van der Waals surface area contributed by atoms with Crippen LogP contribution in [0.1, 0.15) is 36.5 Å². The van der Waals surface area contributed by atoms with Gasteiger partial charge in [0.1, 0.15) is 6.54 Å². The summed E-state index contributed by atoms with van der Waals surface area (Å²) in [7, 11) is 1.40. The van der Waals surface area contributed by atoms with Gasteiger partial charge in [0, 0.05) is 7.05 Å². The summed E-state index contributed by atoms with van der Waals surface area (Å²) in [5, 5.41) is 11.9. The van der Waals surface area contributed by atoms with Crippen molar-refractivity contribution in [3.8, 4) is 0 Å². The number of nitrogens with zero attached hydrogens (tertiary/aromatic N) is 3. The molecule has 0 aliphatic rings. The summed E-state index contributed by atoms with van der Waals surface area (Å²) in [6, 6.07) is -0.609. The van der Waals surface area contributed by atoms with E-state index >= 15 is 0 Å². The van der Waals surface area contributed by atoms with Crippen LogP contribution in [0.2, 0.25) is 0 Å². The molecule has 1 heterocycles. The van der Waals surface area contributed by atoms with Crippen LogP contribution in [0, 0.1) is 0 Å². The quantitative estimate of drug-likeness (QED) is 0.706. The minimum atomic E-state index is -0.609. The summed E-state index contributed by atoms with van der Waals surface area (Å²) >= 11 is 0. The number of carbonyl (C=O) groups is 3. The molecular weight excluding hydrogens is 278 g/mol. The minimum Gasteiger partial charge on any atom is -0.461 e. The van der Waals surface area contributed by atoms with E-state index in [9.17, 15) is 14.4 Å². The Kier molecular flexibility index (Phi) is 6.31. The van der Waals surface area contributed by atoms with Crippen LogP contribution in [0.5, 0.6) is 0 Å². The van der Waals surface area contributed by atoms with E-state index in [0.717, 1.165) is 6.42 Å². The van der Waals surface area contributed by atoms with Crippen LogP contribution < -0.4 is 10.6 Å². The second-order valence-corrected chi connectivity index (χ2v) is 4.14. The lowest BCUT2D eigenvalue weighted by atomic mass is 10.2. The molecule has 9 nitrogen and oxygen atoms in total. The van der Waals surface area contributed by atoms with Crippen LogP contribution >= 0.6 is 0 Å². The first-order valence-electron chi connectivity index (χ1n) is 6.64. The molecule has 1 rings (SSSR count). The third-order valence-electron chi connectivity index (χ3n) is 2.57. The van der Waals surface area contributed by atoms with E-state index < -0.39 is 17.9 Å². The summed E-state index contributed by atoms with van der Waals surface area (Å²) in [4.78, 5) is 34.5. The van der Waals surface area contributed by atoms with Gasteiger partial charge in [0.2, 0.25) is 5.91 Å². The fourth-order valence-electron chi connectivity index (χ4n) is 1.67. The number of aromatic nitrogens is 3. The zero-order chi connectivity index (χ0) is 15.8. The Morgan fingerprint density at radius 3 is 2.57 bits per heavy atom. The maximum atomic E-state index is 11.8. The van der Waals surface area contributed by atoms with Gasteiger partial charge in [-0.15, -0.1) is 5.10 Å². The first-order valence-corrected chi connectivity index (χ1v) is 6.64. The van der Waals surface area contributed by atoms with Gasteiger partial charge in [0.05, 0.1) is 12.3 Å². The Morgan fingerprint density at radius 1 is 1.29 bits per heavy atom. The van der Waals surface area contributed by atoms with Gasteiger partial charge in [-0.3, -0.25) is 10.1 Å². The Bertz CT molecular complexity index is 526. The lowest BCUT2D eigenvalue weighted by Gasteiger charge is -2.07. The number of rotatable bonds is 6. The van der Waals surface area contributed by atoms with Gasteiger partial charge in [-0.25, -0.2) is 14.3 Å². The molecule has 1 aromatic heterocycles. The molecule has 0 spiro atoms. The third kappa shape index (κ3) is 4.55. The van der Waals surface area contributed by atoms with Crippen LogP contribution in [0.15, 0.2) is 0 Å². The highest BCUT2D eigenvalue weighted by atomic mass is 16.5. The van der Waals surface area contributed by atoms with Crippen molar-refractivity contribution in [2.75, 3.05) is 13.7 Å². The van der Waals surface area contributed by atoms with Gasteiger partial charge < -0.3 is 10.1 Å². The van der Waals surface area contributed by atoms with E-state index in [-0.39, 0.29) is 18.8 Å². The molecule has 2 N–H and O–H groups in total. The number of urea groups is 1. The van der Waals surface area contributed by atoms with Gasteiger partial charge in [-0.1, -0.05) is 18.6 Å². The van der Waals surface area contributed by atoms with Crippen molar-refractivity contribution < 1.29 is 19.1 Å². The molecule has 1 aromatic rings. The summed E-state index contributed by atoms with van der Waals surface area (Å²) in [6.45, 7) is 3.65. The van der Waals surface area contributed by atoms with Crippen molar-refractivity contribution in [1.29, 1.82) is 0 Å². The summed E-state index contributed by atoms with van der Waals surface area (Å²) < 4.78 is 6.20. The Labute approximate surface area is 122 Å². The molecule has 0 fully saturated rings. The molecule has 0 radical (unpaired) electrons. The molecule has 0 bridgehead atoms. The van der Waals surface area contributed by atoms with Crippen LogP contribution in [-0.2, 0) is 22.5 Å². The number of carbonyl (C=O) groups excluding carboxylic acids is 3. The molecule has 21 heavy (non-hydrogen) atoms. The average Bonchev–Trinajstić information content (AvgIpc) is 2.82. The van der Waals surface area contributed by atoms with Gasteiger partial charge in [-0.2, -0.15) is 0 Å².